The van der Waals surface area contributed by atoms with Gasteiger partial charge in [-0.1, -0.05) is 91.0 Å². The van der Waals surface area contributed by atoms with Crippen molar-refractivity contribution in [3.8, 4) is 0 Å². The summed E-state index contributed by atoms with van der Waals surface area (Å²) in [5.41, 5.74) is 4.44. The summed E-state index contributed by atoms with van der Waals surface area (Å²) in [5.74, 6) is -1.26. The molecule has 3 nitrogen and oxygen atoms in total. The Morgan fingerprint density at radius 2 is 1.23 bits per heavy atom. The van der Waals surface area contributed by atoms with Gasteiger partial charge in [0.1, 0.15) is 5.92 Å². The number of amides is 1. The van der Waals surface area contributed by atoms with Gasteiger partial charge in [-0.3, -0.25) is 9.59 Å². The molecule has 3 aromatic rings. The molecule has 0 heterocycles. The van der Waals surface area contributed by atoms with Crippen molar-refractivity contribution in [3.63, 3.8) is 0 Å². The molecule has 2 atom stereocenters. The molecule has 31 heavy (non-hydrogen) atoms. The molecule has 0 unspecified atom stereocenters. The van der Waals surface area contributed by atoms with Crippen LogP contribution in [-0.2, 0) is 9.59 Å². The molecule has 1 amide bonds. The van der Waals surface area contributed by atoms with E-state index in [0.29, 0.717) is 18.7 Å². The van der Waals surface area contributed by atoms with Gasteiger partial charge < -0.3 is 4.90 Å². The first-order valence-corrected chi connectivity index (χ1v) is 10.9. The smallest absolute Gasteiger partial charge is 0.234 e. The molecule has 0 saturated carbocycles. The van der Waals surface area contributed by atoms with E-state index in [4.69, 9.17) is 0 Å². The molecule has 0 aliphatic heterocycles. The van der Waals surface area contributed by atoms with Crippen LogP contribution in [-0.4, -0.2) is 29.7 Å². The molecule has 1 aliphatic rings. The Hall–Kier alpha value is -3.46. The fourth-order valence-electron chi connectivity index (χ4n) is 4.61. The van der Waals surface area contributed by atoms with Crippen LogP contribution < -0.4 is 0 Å². The number of hydrogen-bond donors (Lipinski definition) is 0. The van der Waals surface area contributed by atoms with Gasteiger partial charge in [-0.2, -0.15) is 0 Å². The van der Waals surface area contributed by atoms with Crippen molar-refractivity contribution in [2.75, 3.05) is 13.1 Å². The normalized spacial score (nSPS) is 18.3. The largest absolute Gasteiger partial charge is 0.343 e. The van der Waals surface area contributed by atoms with Gasteiger partial charge >= 0.3 is 0 Å². The maximum absolute atomic E-state index is 13.9. The molecule has 0 N–H and O–H groups in total. The zero-order valence-electron chi connectivity index (χ0n) is 18.0. The first kappa shape index (κ1) is 20.8. The van der Waals surface area contributed by atoms with Crippen LogP contribution in [0.15, 0.2) is 91.0 Å². The van der Waals surface area contributed by atoms with Gasteiger partial charge in [0.25, 0.3) is 0 Å². The molecule has 3 aromatic carbocycles. The number of carbonyl (C=O) groups excluding carboxylic acids is 2. The van der Waals surface area contributed by atoms with Crippen molar-refractivity contribution < 1.29 is 9.59 Å². The van der Waals surface area contributed by atoms with Gasteiger partial charge in [0.15, 0.2) is 5.78 Å². The number of benzene rings is 3. The van der Waals surface area contributed by atoms with Crippen LogP contribution in [0.4, 0.5) is 0 Å². The second-order valence-electron chi connectivity index (χ2n) is 7.76. The number of Topliss-reactive ketones (excluding diaryl/α,β-unsaturated/α-hetero) is 1. The van der Waals surface area contributed by atoms with E-state index in [1.807, 2.05) is 105 Å². The Bertz CT molecular complexity index is 1080. The molecule has 0 radical (unpaired) electrons. The minimum atomic E-state index is -0.757. The molecule has 0 spiro atoms. The summed E-state index contributed by atoms with van der Waals surface area (Å²) in [6, 6.07) is 29.7. The summed E-state index contributed by atoms with van der Waals surface area (Å²) < 4.78 is 0. The van der Waals surface area contributed by atoms with Crippen molar-refractivity contribution in [2.24, 2.45) is 5.92 Å². The highest BCUT2D eigenvalue weighted by Crippen LogP contribution is 2.50. The molecule has 0 aromatic heterocycles. The third-order valence-corrected chi connectivity index (χ3v) is 6.09. The highest BCUT2D eigenvalue weighted by Gasteiger charge is 2.48. The lowest BCUT2D eigenvalue weighted by atomic mass is 9.81. The number of hydrogen-bond acceptors (Lipinski definition) is 2. The first-order chi connectivity index (χ1) is 15.2. The van der Waals surface area contributed by atoms with Crippen LogP contribution in [0, 0.1) is 5.92 Å². The zero-order chi connectivity index (χ0) is 21.8. The molecule has 1 aliphatic carbocycles. The standard InChI is InChI=1S/C28H27NO2/c1-3-29(4-2)28(31)26-24(21-16-10-6-11-17-21)23(20-14-8-5-9-15-20)25(27(26)30)22-18-12-7-13-19-22/h5-19,24,26H,3-4H2,1-2H3/t24-,26+/m0/s1. The van der Waals surface area contributed by atoms with Crippen LogP contribution in [0.3, 0.4) is 0 Å². The van der Waals surface area contributed by atoms with Crippen LogP contribution in [0.1, 0.15) is 36.5 Å². The number of carbonyl (C=O) groups is 2. The molecule has 0 bridgehead atoms. The van der Waals surface area contributed by atoms with Crippen LogP contribution >= 0.6 is 0 Å². The third kappa shape index (κ3) is 3.84. The number of nitrogens with zero attached hydrogens (tertiary/aromatic N) is 1. The van der Waals surface area contributed by atoms with Crippen molar-refractivity contribution >= 4 is 22.8 Å². The van der Waals surface area contributed by atoms with Crippen LogP contribution in [0.25, 0.3) is 11.1 Å². The van der Waals surface area contributed by atoms with Gasteiger partial charge in [0.05, 0.1) is 0 Å². The third-order valence-electron chi connectivity index (χ3n) is 6.09. The van der Waals surface area contributed by atoms with E-state index in [1.165, 1.54) is 0 Å². The maximum atomic E-state index is 13.9. The van der Waals surface area contributed by atoms with E-state index >= 15 is 0 Å². The van der Waals surface area contributed by atoms with Gasteiger partial charge in [0, 0.05) is 24.6 Å². The Morgan fingerprint density at radius 3 is 1.74 bits per heavy atom. The number of allylic oxidation sites excluding steroid dienone is 2. The average Bonchev–Trinajstić information content (AvgIpc) is 3.14. The van der Waals surface area contributed by atoms with Gasteiger partial charge in [-0.25, -0.2) is 0 Å². The van der Waals surface area contributed by atoms with Crippen molar-refractivity contribution in [3.05, 3.63) is 108 Å². The minimum Gasteiger partial charge on any atom is -0.343 e. The molecule has 0 saturated heterocycles. The summed E-state index contributed by atoms with van der Waals surface area (Å²) >= 11 is 0. The zero-order valence-corrected chi connectivity index (χ0v) is 18.0. The van der Waals surface area contributed by atoms with E-state index < -0.39 is 5.92 Å². The summed E-state index contributed by atoms with van der Waals surface area (Å²) in [5, 5.41) is 0. The van der Waals surface area contributed by atoms with E-state index in [1.54, 1.807) is 4.90 Å². The van der Waals surface area contributed by atoms with Crippen LogP contribution in [0.2, 0.25) is 0 Å². The van der Waals surface area contributed by atoms with Gasteiger partial charge in [0.2, 0.25) is 5.91 Å². The summed E-state index contributed by atoms with van der Waals surface area (Å²) in [7, 11) is 0. The molecule has 156 valence electrons. The van der Waals surface area contributed by atoms with Crippen molar-refractivity contribution in [1.29, 1.82) is 0 Å². The maximum Gasteiger partial charge on any atom is 0.234 e. The fraction of sp³-hybridized carbons (Fsp3) is 0.214. The van der Waals surface area contributed by atoms with E-state index in [9.17, 15) is 9.59 Å². The molecular weight excluding hydrogens is 382 g/mol. The van der Waals surface area contributed by atoms with Crippen LogP contribution in [0.5, 0.6) is 0 Å². The minimum absolute atomic E-state index is 0.0872. The Morgan fingerprint density at radius 1 is 0.742 bits per heavy atom. The number of ketones is 1. The summed E-state index contributed by atoms with van der Waals surface area (Å²) in [6.07, 6.45) is 0. The highest BCUT2D eigenvalue weighted by molar-refractivity contribution is 6.37. The topological polar surface area (TPSA) is 37.4 Å². The lowest BCUT2D eigenvalue weighted by Gasteiger charge is -2.27. The monoisotopic (exact) mass is 409 g/mol. The predicted molar refractivity (Wildman–Crippen MR) is 125 cm³/mol. The predicted octanol–water partition coefficient (Wildman–Crippen LogP) is 5.45. The fourth-order valence-corrected chi connectivity index (χ4v) is 4.61. The Kier molecular flexibility index (Phi) is 6.13. The van der Waals surface area contributed by atoms with Crippen molar-refractivity contribution in [1.82, 2.24) is 4.90 Å². The van der Waals surface area contributed by atoms with E-state index in [2.05, 4.69) is 0 Å². The second-order valence-corrected chi connectivity index (χ2v) is 7.76. The average molecular weight is 410 g/mol. The summed E-state index contributed by atoms with van der Waals surface area (Å²) in [6.45, 7) is 5.09. The van der Waals surface area contributed by atoms with Crippen molar-refractivity contribution in [2.45, 2.75) is 19.8 Å². The molecular formula is C28H27NO2. The Labute approximate surface area is 184 Å². The summed E-state index contributed by atoms with van der Waals surface area (Å²) in [4.78, 5) is 29.4. The quantitative estimate of drug-likeness (QED) is 0.508. The molecule has 3 heteroatoms. The van der Waals surface area contributed by atoms with E-state index in [0.717, 1.165) is 22.3 Å². The second kappa shape index (κ2) is 9.13. The van der Waals surface area contributed by atoms with Gasteiger partial charge in [-0.15, -0.1) is 0 Å². The SMILES string of the molecule is CCN(CC)C(=O)[C@H]1C(=O)C(c2ccccc2)=C(c2ccccc2)[C@@H]1c1ccccc1. The molecule has 4 rings (SSSR count). The first-order valence-electron chi connectivity index (χ1n) is 10.9. The van der Waals surface area contributed by atoms with Gasteiger partial charge in [-0.05, 0) is 36.1 Å². The lowest BCUT2D eigenvalue weighted by molar-refractivity contribution is -0.139. The highest BCUT2D eigenvalue weighted by atomic mass is 16.2. The number of rotatable bonds is 6. The Balaban J connectivity index is 1.99. The van der Waals surface area contributed by atoms with E-state index in [-0.39, 0.29) is 17.6 Å². The molecule has 0 fully saturated rings. The lowest BCUT2D eigenvalue weighted by Crippen LogP contribution is -2.40.